The van der Waals surface area contributed by atoms with Gasteiger partial charge < -0.3 is 15.0 Å². The molecule has 1 heterocycles. The smallest absolute Gasteiger partial charge is 0.293 e. The van der Waals surface area contributed by atoms with Gasteiger partial charge >= 0.3 is 0 Å². The van der Waals surface area contributed by atoms with Crippen molar-refractivity contribution in [1.82, 2.24) is 9.62 Å². The summed E-state index contributed by atoms with van der Waals surface area (Å²) in [5.41, 5.74) is -0.204. The van der Waals surface area contributed by atoms with Gasteiger partial charge in [0.25, 0.3) is 21.6 Å². The minimum absolute atomic E-state index is 0.0352. The van der Waals surface area contributed by atoms with E-state index in [0.29, 0.717) is 10.8 Å². The van der Waals surface area contributed by atoms with Crippen LogP contribution in [0.4, 0.5) is 11.4 Å². The molecular weight excluding hydrogens is 520 g/mol. The number of piperidine rings is 1. The second-order valence-electron chi connectivity index (χ2n) is 8.65. The summed E-state index contributed by atoms with van der Waals surface area (Å²) in [5.74, 6) is -0.478. The van der Waals surface area contributed by atoms with E-state index in [2.05, 4.69) is 10.2 Å². The summed E-state index contributed by atoms with van der Waals surface area (Å²) < 4.78 is 33.7. The van der Waals surface area contributed by atoms with E-state index in [-0.39, 0.29) is 28.7 Å². The summed E-state index contributed by atoms with van der Waals surface area (Å²) in [5, 5.41) is 15.3. The van der Waals surface area contributed by atoms with Crippen molar-refractivity contribution in [3.63, 3.8) is 0 Å². The number of sulfonamides is 1. The lowest BCUT2D eigenvalue weighted by Crippen LogP contribution is -2.36. The number of rotatable bonds is 8. The number of nitrogens with one attached hydrogen (secondary N) is 2. The second kappa shape index (κ2) is 11.2. The third kappa shape index (κ3) is 6.56. The third-order valence-corrected chi connectivity index (χ3v) is 7.50. The fourth-order valence-corrected chi connectivity index (χ4v) is 5.13. The fraction of sp³-hybridized carbons (Fsp3) is 0.240. The second-order valence-corrected chi connectivity index (χ2v) is 10.8. The first-order valence-electron chi connectivity index (χ1n) is 11.5. The molecule has 12 heteroatoms. The highest BCUT2D eigenvalue weighted by Gasteiger charge is 2.26. The number of nitro groups is 1. The van der Waals surface area contributed by atoms with Crippen molar-refractivity contribution < 1.29 is 22.9 Å². The number of nitrogens with zero attached hydrogens (tertiary/aromatic N) is 2. The molecule has 0 bridgehead atoms. The monoisotopic (exact) mass is 544 g/mol. The van der Waals surface area contributed by atoms with E-state index in [1.807, 2.05) is 11.8 Å². The maximum Gasteiger partial charge on any atom is 0.293 e. The van der Waals surface area contributed by atoms with Crippen molar-refractivity contribution in [2.75, 3.05) is 25.5 Å². The lowest BCUT2D eigenvalue weighted by atomic mass is 10.1. The Morgan fingerprint density at radius 1 is 1.08 bits per heavy atom. The number of hydrogen-bond donors (Lipinski definition) is 2. The van der Waals surface area contributed by atoms with E-state index >= 15 is 0 Å². The highest BCUT2D eigenvalue weighted by Crippen LogP contribution is 2.31. The van der Waals surface area contributed by atoms with Crippen LogP contribution in [0, 0.1) is 10.1 Å². The zero-order chi connectivity index (χ0) is 26.6. The molecule has 1 aliphatic rings. The number of ether oxygens (including phenoxy) is 1. The van der Waals surface area contributed by atoms with Crippen LogP contribution in [-0.4, -0.2) is 50.3 Å². The number of anilines is 1. The molecule has 0 radical (unpaired) electrons. The number of likely N-dealkylation sites (tertiary alicyclic amines) is 1. The number of amides is 1. The van der Waals surface area contributed by atoms with E-state index in [9.17, 15) is 23.3 Å². The Bertz CT molecular complexity index is 1420. The zero-order valence-corrected chi connectivity index (χ0v) is 21.5. The number of carbonyl (C=O) groups is 1. The first kappa shape index (κ1) is 26.4. The molecule has 1 amide bonds. The zero-order valence-electron chi connectivity index (χ0n) is 19.9. The van der Waals surface area contributed by atoms with Gasteiger partial charge in [-0.05, 0) is 75.4 Å². The maximum absolute atomic E-state index is 13.0. The van der Waals surface area contributed by atoms with Gasteiger partial charge in [-0.3, -0.25) is 14.9 Å². The molecule has 0 aromatic heterocycles. The summed E-state index contributed by atoms with van der Waals surface area (Å²) in [6.45, 7) is 1.71. The van der Waals surface area contributed by atoms with E-state index in [1.54, 1.807) is 36.4 Å². The molecule has 4 rings (SSSR count). The van der Waals surface area contributed by atoms with Crippen molar-refractivity contribution >= 4 is 38.9 Å². The lowest BCUT2D eigenvalue weighted by Gasteiger charge is -2.30. The van der Waals surface area contributed by atoms with Gasteiger partial charge in [0.1, 0.15) is 17.2 Å². The molecule has 0 unspecified atom stereocenters. The number of hydrogen-bond acceptors (Lipinski definition) is 8. The van der Waals surface area contributed by atoms with Crippen LogP contribution in [0.1, 0.15) is 23.2 Å². The van der Waals surface area contributed by atoms with Gasteiger partial charge in [-0.1, -0.05) is 29.8 Å². The largest absolute Gasteiger partial charge is 0.456 e. The molecule has 0 saturated carbocycles. The van der Waals surface area contributed by atoms with E-state index in [4.69, 9.17) is 16.3 Å². The van der Waals surface area contributed by atoms with Crippen molar-refractivity contribution in [2.24, 2.45) is 0 Å². The van der Waals surface area contributed by atoms with Gasteiger partial charge in [0.2, 0.25) is 0 Å². The predicted octanol–water partition coefficient (Wildman–Crippen LogP) is 4.67. The van der Waals surface area contributed by atoms with Crippen LogP contribution >= 0.6 is 11.6 Å². The molecule has 0 spiro atoms. The topological polar surface area (TPSA) is 131 Å². The summed E-state index contributed by atoms with van der Waals surface area (Å²) in [6.07, 6.45) is 1.61. The molecule has 2 N–H and O–H groups in total. The predicted molar refractivity (Wildman–Crippen MR) is 140 cm³/mol. The molecular formula is C25H25ClN4O6S. The summed E-state index contributed by atoms with van der Waals surface area (Å²) in [4.78, 5) is 25.8. The maximum atomic E-state index is 13.0. The first-order chi connectivity index (χ1) is 17.6. The van der Waals surface area contributed by atoms with Crippen molar-refractivity contribution in [1.29, 1.82) is 0 Å². The fourth-order valence-electron chi connectivity index (χ4n) is 3.96. The van der Waals surface area contributed by atoms with E-state index in [0.717, 1.165) is 32.0 Å². The van der Waals surface area contributed by atoms with Crippen LogP contribution in [0.3, 0.4) is 0 Å². The molecule has 1 saturated heterocycles. The first-order valence-corrected chi connectivity index (χ1v) is 13.3. The van der Waals surface area contributed by atoms with Gasteiger partial charge in [-0.2, -0.15) is 0 Å². The van der Waals surface area contributed by atoms with Gasteiger partial charge in [0.05, 0.1) is 15.4 Å². The summed E-state index contributed by atoms with van der Waals surface area (Å²) in [6, 6.07) is 16.2. The number of carbonyl (C=O) groups excluding carboxylic acids is 1. The summed E-state index contributed by atoms with van der Waals surface area (Å²) in [7, 11) is -2.42. The summed E-state index contributed by atoms with van der Waals surface area (Å²) >= 11 is 5.98. The van der Waals surface area contributed by atoms with Crippen LogP contribution in [0.15, 0.2) is 71.6 Å². The van der Waals surface area contributed by atoms with Gasteiger partial charge in [-0.15, -0.1) is 0 Å². The van der Waals surface area contributed by atoms with Crippen molar-refractivity contribution in [2.45, 2.75) is 23.8 Å². The van der Waals surface area contributed by atoms with Gasteiger partial charge in [-0.25, -0.2) is 13.1 Å². The van der Waals surface area contributed by atoms with Crippen molar-refractivity contribution in [3.8, 4) is 11.5 Å². The number of halogens is 1. The van der Waals surface area contributed by atoms with Gasteiger partial charge in [0.15, 0.2) is 0 Å². The van der Waals surface area contributed by atoms with Crippen LogP contribution in [0.5, 0.6) is 11.5 Å². The lowest BCUT2D eigenvalue weighted by molar-refractivity contribution is -0.384. The highest BCUT2D eigenvalue weighted by atomic mass is 35.5. The Balaban J connectivity index is 1.54. The van der Waals surface area contributed by atoms with E-state index in [1.165, 1.54) is 24.3 Å². The Morgan fingerprint density at radius 2 is 1.81 bits per heavy atom. The average Bonchev–Trinajstić information content (AvgIpc) is 2.85. The molecule has 1 aliphatic heterocycles. The number of para-hydroxylation sites is 1. The molecule has 194 valence electrons. The Hall–Kier alpha value is -3.67. The van der Waals surface area contributed by atoms with Crippen molar-refractivity contribution in [3.05, 3.63) is 87.4 Å². The molecule has 0 atom stereocenters. The van der Waals surface area contributed by atoms with Crippen LogP contribution in [0.2, 0.25) is 5.02 Å². The molecule has 10 nitrogen and oxygen atoms in total. The molecule has 0 aliphatic carbocycles. The minimum Gasteiger partial charge on any atom is -0.456 e. The molecule has 37 heavy (non-hydrogen) atoms. The Kier molecular flexibility index (Phi) is 7.96. The average molecular weight is 545 g/mol. The van der Waals surface area contributed by atoms with Crippen LogP contribution < -0.4 is 14.8 Å². The Labute approximate surface area is 219 Å². The molecule has 3 aromatic carbocycles. The third-order valence-electron chi connectivity index (χ3n) is 5.94. The number of nitro benzene ring substituents is 1. The number of benzene rings is 3. The van der Waals surface area contributed by atoms with E-state index < -0.39 is 25.7 Å². The van der Waals surface area contributed by atoms with Crippen LogP contribution in [0.25, 0.3) is 0 Å². The quantitative estimate of drug-likeness (QED) is 0.309. The molecule has 3 aromatic rings. The SMILES string of the molecule is CN1CCC(Nc2ccc(S(=O)(=O)NC(=O)c3ccccc3Oc3cccc(Cl)c3)cc2[N+](=O)[O-])CC1. The normalized spacial score (nSPS) is 14.6. The molecule has 1 fully saturated rings. The van der Waals surface area contributed by atoms with Crippen LogP contribution in [-0.2, 0) is 10.0 Å². The van der Waals surface area contributed by atoms with Gasteiger partial charge in [0, 0.05) is 17.1 Å². The Morgan fingerprint density at radius 3 is 2.51 bits per heavy atom. The minimum atomic E-state index is -4.43. The standard InChI is InChI=1S/C25H25ClN4O6S/c1-29-13-11-18(12-14-29)27-22-10-9-20(16-23(22)30(32)33)37(34,35)28-25(31)21-7-2-3-8-24(21)36-19-6-4-5-17(26)15-19/h2-10,15-16,18,27H,11-14H2,1H3,(H,28,31). The highest BCUT2D eigenvalue weighted by molar-refractivity contribution is 7.90.